The van der Waals surface area contributed by atoms with Gasteiger partial charge in [-0.3, -0.25) is 4.99 Å². The highest BCUT2D eigenvalue weighted by atomic mass is 32.2. The summed E-state index contributed by atoms with van der Waals surface area (Å²) in [5, 5.41) is 7.82. The van der Waals surface area contributed by atoms with Crippen LogP contribution >= 0.6 is 23.5 Å². The predicted octanol–water partition coefficient (Wildman–Crippen LogP) is 3.74. The molecule has 146 valence electrons. The molecule has 0 atom stereocenters. The summed E-state index contributed by atoms with van der Waals surface area (Å²) in [5.74, 6) is 0.707. The van der Waals surface area contributed by atoms with Gasteiger partial charge in [-0.05, 0) is 58.9 Å². The molecule has 0 amide bonds. The van der Waals surface area contributed by atoms with Gasteiger partial charge in [-0.25, -0.2) is 4.79 Å². The minimum absolute atomic E-state index is 0.254. The molecule has 0 saturated carbocycles. The van der Waals surface area contributed by atoms with E-state index < -0.39 is 0 Å². The van der Waals surface area contributed by atoms with E-state index in [4.69, 9.17) is 4.99 Å². The summed E-state index contributed by atoms with van der Waals surface area (Å²) in [6.45, 7) is 4.82. The summed E-state index contributed by atoms with van der Waals surface area (Å²) in [6.07, 6.45) is 2.04. The Bertz CT molecular complexity index is 1050. The maximum absolute atomic E-state index is 12.3. The molecule has 6 nitrogen and oxygen atoms in total. The maximum atomic E-state index is 12.3. The van der Waals surface area contributed by atoms with Crippen molar-refractivity contribution < 1.29 is 0 Å². The average molecular weight is 414 g/mol. The number of hydrogen-bond acceptors (Lipinski definition) is 6. The molecule has 2 aromatic carbocycles. The van der Waals surface area contributed by atoms with Gasteiger partial charge in [0.15, 0.2) is 0 Å². The van der Waals surface area contributed by atoms with Crippen molar-refractivity contribution >= 4 is 27.9 Å². The Labute approximate surface area is 173 Å². The zero-order valence-corrected chi connectivity index (χ0v) is 18.0. The Morgan fingerprint density at radius 2 is 1.82 bits per heavy atom. The van der Waals surface area contributed by atoms with Crippen molar-refractivity contribution in [3.63, 3.8) is 0 Å². The lowest BCUT2D eigenvalue weighted by molar-refractivity contribution is 0.692. The van der Waals surface area contributed by atoms with Crippen LogP contribution in [0.1, 0.15) is 22.3 Å². The van der Waals surface area contributed by atoms with Gasteiger partial charge in [-0.15, -0.1) is 11.8 Å². The van der Waals surface area contributed by atoms with Crippen LogP contribution in [0.3, 0.4) is 0 Å². The lowest BCUT2D eigenvalue weighted by atomic mass is 10.1. The Morgan fingerprint density at radius 3 is 2.50 bits per heavy atom. The first-order valence-electron chi connectivity index (χ1n) is 8.85. The van der Waals surface area contributed by atoms with E-state index in [0.717, 1.165) is 21.2 Å². The number of tetrazole rings is 1. The molecule has 1 aromatic heterocycles. The molecular weight excluding hydrogens is 390 g/mol. The van der Waals surface area contributed by atoms with Crippen LogP contribution in [0, 0.1) is 13.8 Å². The van der Waals surface area contributed by atoms with Crippen molar-refractivity contribution in [1.29, 1.82) is 0 Å². The van der Waals surface area contributed by atoms with Crippen LogP contribution in [0.2, 0.25) is 0 Å². The summed E-state index contributed by atoms with van der Waals surface area (Å²) in [6, 6.07) is 14.2. The molecule has 1 heterocycles. The fourth-order valence-corrected chi connectivity index (χ4v) is 4.42. The molecule has 28 heavy (non-hydrogen) atoms. The van der Waals surface area contributed by atoms with E-state index in [1.54, 1.807) is 30.6 Å². The van der Waals surface area contributed by atoms with Crippen LogP contribution in [0.15, 0.2) is 52.3 Å². The minimum Gasteiger partial charge on any atom is -0.267 e. The molecule has 0 N–H and O–H groups in total. The Balaban J connectivity index is 1.81. The fourth-order valence-electron chi connectivity index (χ4n) is 2.78. The van der Waals surface area contributed by atoms with Crippen molar-refractivity contribution in [2.45, 2.75) is 26.1 Å². The Kier molecular flexibility index (Phi) is 6.74. The highest BCUT2D eigenvalue weighted by Gasteiger charge is 2.14. The number of rotatable bonds is 5. The number of hydrogen-bond donors (Lipinski definition) is 0. The molecular formula is C20H23N5OS2. The van der Waals surface area contributed by atoms with E-state index in [2.05, 4.69) is 29.5 Å². The third-order valence-electron chi connectivity index (χ3n) is 4.49. The maximum Gasteiger partial charge on any atom is 0.368 e. The van der Waals surface area contributed by atoms with Gasteiger partial charge in [0.25, 0.3) is 0 Å². The van der Waals surface area contributed by atoms with Gasteiger partial charge in [-0.1, -0.05) is 48.2 Å². The average Bonchev–Trinajstić information content (AvgIpc) is 3.02. The largest absolute Gasteiger partial charge is 0.368 e. The van der Waals surface area contributed by atoms with E-state index in [9.17, 15) is 4.79 Å². The van der Waals surface area contributed by atoms with Crippen LogP contribution in [0.4, 0.5) is 0 Å². The van der Waals surface area contributed by atoms with Crippen molar-refractivity contribution in [3.8, 4) is 5.69 Å². The van der Waals surface area contributed by atoms with E-state index >= 15 is 0 Å². The molecule has 3 aromatic rings. The van der Waals surface area contributed by atoms with Gasteiger partial charge in [0, 0.05) is 12.8 Å². The van der Waals surface area contributed by atoms with Gasteiger partial charge < -0.3 is 0 Å². The zero-order valence-electron chi connectivity index (χ0n) is 16.4. The number of nitrogens with zero attached hydrogens (tertiary/aromatic N) is 5. The van der Waals surface area contributed by atoms with E-state index in [1.165, 1.54) is 20.5 Å². The summed E-state index contributed by atoms with van der Waals surface area (Å²) in [7, 11) is 1.60. The molecule has 0 bridgehead atoms. The summed E-state index contributed by atoms with van der Waals surface area (Å²) in [4.78, 5) is 17.1. The number of aliphatic imine (C=N–C) groups is 1. The Hall–Kier alpha value is -2.32. The van der Waals surface area contributed by atoms with Crippen molar-refractivity contribution in [2.75, 3.05) is 6.26 Å². The molecule has 0 aliphatic heterocycles. The van der Waals surface area contributed by atoms with Crippen LogP contribution in [-0.2, 0) is 19.3 Å². The smallest absolute Gasteiger partial charge is 0.267 e. The van der Waals surface area contributed by atoms with Gasteiger partial charge in [0.1, 0.15) is 4.38 Å². The van der Waals surface area contributed by atoms with Crippen LogP contribution in [0.25, 0.3) is 5.69 Å². The monoisotopic (exact) mass is 413 g/mol. The third kappa shape index (κ3) is 4.56. The summed E-state index contributed by atoms with van der Waals surface area (Å²) in [5.41, 5.74) is 5.17. The highest BCUT2D eigenvalue weighted by molar-refractivity contribution is 8.38. The number of thioether (sulfide) groups is 2. The molecule has 0 unspecified atom stereocenters. The van der Waals surface area contributed by atoms with Crippen LogP contribution in [0.5, 0.6) is 0 Å². The van der Waals surface area contributed by atoms with E-state index in [1.807, 2.05) is 43.5 Å². The summed E-state index contributed by atoms with van der Waals surface area (Å²) < 4.78 is 3.60. The predicted molar refractivity (Wildman–Crippen MR) is 118 cm³/mol. The second kappa shape index (κ2) is 9.25. The summed E-state index contributed by atoms with van der Waals surface area (Å²) >= 11 is 3.32. The van der Waals surface area contributed by atoms with Crippen LogP contribution < -0.4 is 5.69 Å². The molecule has 0 aliphatic rings. The van der Waals surface area contributed by atoms with Crippen molar-refractivity contribution in [2.24, 2.45) is 12.0 Å². The van der Waals surface area contributed by atoms with E-state index in [-0.39, 0.29) is 5.69 Å². The first-order chi connectivity index (χ1) is 13.5. The van der Waals surface area contributed by atoms with Gasteiger partial charge in [0.05, 0.1) is 12.2 Å². The quantitative estimate of drug-likeness (QED) is 0.471. The van der Waals surface area contributed by atoms with Gasteiger partial charge in [-0.2, -0.15) is 9.36 Å². The molecule has 0 aliphatic carbocycles. The Morgan fingerprint density at radius 1 is 1.07 bits per heavy atom. The van der Waals surface area contributed by atoms with Crippen molar-refractivity contribution in [1.82, 2.24) is 19.8 Å². The SMILES string of the molecule is CSC(=NCc1ccccc1C)SCc1c(C)cccc1-n1nnn(C)c1=O. The second-order valence-electron chi connectivity index (χ2n) is 6.37. The molecule has 0 spiro atoms. The first-order valence-corrected chi connectivity index (χ1v) is 11.1. The lowest BCUT2D eigenvalue weighted by Crippen LogP contribution is -2.23. The first kappa shape index (κ1) is 20.4. The molecule has 0 radical (unpaired) electrons. The number of aryl methyl sites for hydroxylation is 3. The molecule has 0 fully saturated rings. The lowest BCUT2D eigenvalue weighted by Gasteiger charge is -2.12. The third-order valence-corrected chi connectivity index (χ3v) is 6.63. The van der Waals surface area contributed by atoms with Gasteiger partial charge >= 0.3 is 5.69 Å². The zero-order chi connectivity index (χ0) is 20.1. The second-order valence-corrected chi connectivity index (χ2v) is 8.39. The topological polar surface area (TPSA) is 65.1 Å². The standard InChI is InChI=1S/C20H23N5OS2/c1-14-8-5-6-10-16(14)12-21-19(27-4)28-13-17-15(2)9-7-11-18(17)25-20(26)24(3)22-23-25/h5-11H,12-13H2,1-4H3. The molecule has 0 saturated heterocycles. The molecule has 8 heteroatoms. The van der Waals surface area contributed by atoms with Crippen LogP contribution in [-0.4, -0.2) is 30.4 Å². The van der Waals surface area contributed by atoms with Gasteiger partial charge in [0.2, 0.25) is 0 Å². The molecule has 3 rings (SSSR count). The van der Waals surface area contributed by atoms with Crippen molar-refractivity contribution in [3.05, 3.63) is 75.2 Å². The fraction of sp³-hybridized carbons (Fsp3) is 0.300. The number of aromatic nitrogens is 4. The number of benzene rings is 2. The highest BCUT2D eigenvalue weighted by Crippen LogP contribution is 2.26. The normalized spacial score (nSPS) is 11.8. The van der Waals surface area contributed by atoms with E-state index in [0.29, 0.717) is 12.3 Å². The minimum atomic E-state index is -0.254.